The molecule has 2 aliphatic carbocycles. The van der Waals surface area contributed by atoms with Crippen molar-refractivity contribution in [3.8, 4) is 5.75 Å². The van der Waals surface area contributed by atoms with E-state index in [1.54, 1.807) is 7.11 Å². The first-order valence-corrected chi connectivity index (χ1v) is 11.6. The third-order valence-corrected chi connectivity index (χ3v) is 8.09. The number of carbonyl (C=O) groups excluding carboxylic acids is 1. The Kier molecular flexibility index (Phi) is 5.74. The van der Waals surface area contributed by atoms with Gasteiger partial charge in [0.15, 0.2) is 0 Å². The highest BCUT2D eigenvalue weighted by Gasteiger charge is 2.53. The van der Waals surface area contributed by atoms with Crippen LogP contribution in [-0.4, -0.2) is 38.3 Å². The number of fused-ring (bicyclic) bond motifs is 3. The van der Waals surface area contributed by atoms with Gasteiger partial charge in [-0.2, -0.15) is 0 Å². The summed E-state index contributed by atoms with van der Waals surface area (Å²) in [4.78, 5) is 15.2. The highest BCUT2D eigenvalue weighted by molar-refractivity contribution is 6.06. The van der Waals surface area contributed by atoms with Gasteiger partial charge in [-0.05, 0) is 90.0 Å². The van der Waals surface area contributed by atoms with E-state index >= 15 is 0 Å². The molecule has 4 rings (SSSR count). The second-order valence-electron chi connectivity index (χ2n) is 10.5. The van der Waals surface area contributed by atoms with Crippen LogP contribution in [0, 0.1) is 11.3 Å². The molecular weight excluding hydrogens is 400 g/mol. The maximum Gasteiger partial charge on any atom is 0.259 e. The lowest BCUT2D eigenvalue weighted by Gasteiger charge is -2.56. The molecule has 0 bridgehead atoms. The lowest BCUT2D eigenvalue weighted by Crippen LogP contribution is -2.53. The van der Waals surface area contributed by atoms with E-state index in [0.717, 1.165) is 37.1 Å². The molecule has 2 aromatic rings. The molecule has 0 aromatic heterocycles. The predicted octanol–water partition coefficient (Wildman–Crippen LogP) is 5.01. The number of aryl methyl sites for hydroxylation is 1. The summed E-state index contributed by atoms with van der Waals surface area (Å²) in [7, 11) is 5.61. The quantitative estimate of drug-likeness (QED) is 0.707. The minimum Gasteiger partial charge on any atom is -0.496 e. The fourth-order valence-electron chi connectivity index (χ4n) is 6.10. The normalized spacial score (nSPS) is 26.0. The van der Waals surface area contributed by atoms with Gasteiger partial charge in [0.1, 0.15) is 5.75 Å². The Balaban J connectivity index is 1.66. The molecule has 3 atom stereocenters. The smallest absolute Gasteiger partial charge is 0.259 e. The Labute approximate surface area is 191 Å². The molecule has 1 fully saturated rings. The topological polar surface area (TPSA) is 61.8 Å². The van der Waals surface area contributed by atoms with Crippen LogP contribution in [-0.2, 0) is 11.8 Å². The zero-order valence-electron chi connectivity index (χ0n) is 20.2. The van der Waals surface area contributed by atoms with E-state index in [4.69, 9.17) is 4.74 Å². The summed E-state index contributed by atoms with van der Waals surface area (Å²) in [5, 5.41) is 13.7. The van der Waals surface area contributed by atoms with Crippen molar-refractivity contribution < 1.29 is 14.6 Å². The third kappa shape index (κ3) is 3.66. The summed E-state index contributed by atoms with van der Waals surface area (Å²) < 4.78 is 5.70. The third-order valence-electron chi connectivity index (χ3n) is 8.09. The summed E-state index contributed by atoms with van der Waals surface area (Å²) in [6, 6.07) is 11.9. The van der Waals surface area contributed by atoms with Gasteiger partial charge in [0.2, 0.25) is 0 Å². The van der Waals surface area contributed by atoms with Crippen molar-refractivity contribution >= 4 is 17.3 Å². The van der Waals surface area contributed by atoms with Crippen molar-refractivity contribution in [2.24, 2.45) is 11.3 Å². The Morgan fingerprint density at radius 3 is 2.44 bits per heavy atom. The van der Waals surface area contributed by atoms with Crippen LogP contribution in [0.4, 0.5) is 11.4 Å². The maximum absolute atomic E-state index is 13.2. The molecule has 0 aliphatic heterocycles. The number of hydrogen-bond donors (Lipinski definition) is 2. The van der Waals surface area contributed by atoms with Crippen molar-refractivity contribution in [3.05, 3.63) is 53.1 Å². The van der Waals surface area contributed by atoms with Crippen molar-refractivity contribution in [3.63, 3.8) is 0 Å². The van der Waals surface area contributed by atoms with E-state index in [2.05, 4.69) is 32.2 Å². The number of aliphatic hydroxyl groups is 1. The molecule has 172 valence electrons. The van der Waals surface area contributed by atoms with Gasteiger partial charge in [-0.1, -0.05) is 20.8 Å². The molecule has 1 amide bonds. The molecule has 0 heterocycles. The fourth-order valence-corrected chi connectivity index (χ4v) is 6.10. The first-order chi connectivity index (χ1) is 15.1. The van der Waals surface area contributed by atoms with Crippen molar-refractivity contribution in [1.82, 2.24) is 0 Å². The second kappa shape index (κ2) is 8.11. The van der Waals surface area contributed by atoms with E-state index in [9.17, 15) is 9.90 Å². The number of ether oxygens (including phenoxy) is 1. The largest absolute Gasteiger partial charge is 0.496 e. The number of benzene rings is 2. The van der Waals surface area contributed by atoms with Gasteiger partial charge >= 0.3 is 0 Å². The molecule has 5 heteroatoms. The van der Waals surface area contributed by atoms with Crippen LogP contribution in [0.5, 0.6) is 5.75 Å². The number of methoxy groups -OCH3 is 1. The van der Waals surface area contributed by atoms with Crippen molar-refractivity contribution in [1.29, 1.82) is 0 Å². The Hall–Kier alpha value is -2.53. The summed E-state index contributed by atoms with van der Waals surface area (Å²) in [6.45, 7) is 6.73. The Morgan fingerprint density at radius 2 is 1.81 bits per heavy atom. The highest BCUT2D eigenvalue weighted by Crippen LogP contribution is 2.57. The molecule has 0 unspecified atom stereocenters. The first-order valence-electron chi connectivity index (χ1n) is 11.6. The first kappa shape index (κ1) is 22.7. The van der Waals surface area contributed by atoms with Crippen LogP contribution in [0.1, 0.15) is 61.5 Å². The average molecular weight is 437 g/mol. The van der Waals surface area contributed by atoms with Crippen LogP contribution in [0.2, 0.25) is 0 Å². The van der Waals surface area contributed by atoms with Crippen LogP contribution in [0.3, 0.4) is 0 Å². The van der Waals surface area contributed by atoms with Crippen LogP contribution >= 0.6 is 0 Å². The minimum absolute atomic E-state index is 0.0272. The average Bonchev–Trinajstić information content (AvgIpc) is 2.76. The van der Waals surface area contributed by atoms with E-state index in [0.29, 0.717) is 17.2 Å². The monoisotopic (exact) mass is 436 g/mol. The molecule has 1 saturated carbocycles. The number of aliphatic hydroxyl groups excluding tert-OH is 1. The predicted molar refractivity (Wildman–Crippen MR) is 130 cm³/mol. The summed E-state index contributed by atoms with van der Waals surface area (Å²) in [6.07, 6.45) is 3.41. The second-order valence-corrected chi connectivity index (χ2v) is 10.5. The number of anilines is 2. The molecule has 2 N–H and O–H groups in total. The molecule has 2 aliphatic rings. The van der Waals surface area contributed by atoms with Gasteiger partial charge in [-0.15, -0.1) is 0 Å². The van der Waals surface area contributed by atoms with Crippen molar-refractivity contribution in [2.45, 2.75) is 58.0 Å². The van der Waals surface area contributed by atoms with Crippen LogP contribution in [0.15, 0.2) is 36.4 Å². The number of amides is 1. The molecule has 0 spiro atoms. The van der Waals surface area contributed by atoms with Gasteiger partial charge in [0.25, 0.3) is 5.91 Å². The number of carbonyl (C=O) groups is 1. The molecular formula is C27H36N2O3. The summed E-state index contributed by atoms with van der Waals surface area (Å²) in [5.74, 6) is 0.844. The molecule has 0 radical (unpaired) electrons. The van der Waals surface area contributed by atoms with E-state index in [1.807, 2.05) is 49.3 Å². The Bertz CT molecular complexity index is 1010. The molecule has 5 nitrogen and oxygen atoms in total. The number of rotatable bonds is 4. The van der Waals surface area contributed by atoms with E-state index in [-0.39, 0.29) is 22.8 Å². The lowest BCUT2D eigenvalue weighted by atomic mass is 9.49. The SMILES string of the molecule is COc1cc2c(cc1C(=O)Nc1ccc(N(C)C)cc1)CC[C@H]1C(C)(C)[C@@H](O)CC[C@]21C. The summed E-state index contributed by atoms with van der Waals surface area (Å²) in [5.41, 5.74) is 4.75. The number of hydrogen-bond acceptors (Lipinski definition) is 4. The maximum atomic E-state index is 13.2. The zero-order chi connectivity index (χ0) is 23.3. The van der Waals surface area contributed by atoms with Gasteiger partial charge in [0, 0.05) is 25.5 Å². The van der Waals surface area contributed by atoms with Gasteiger partial charge in [-0.3, -0.25) is 4.79 Å². The van der Waals surface area contributed by atoms with Crippen LogP contribution in [0.25, 0.3) is 0 Å². The fraction of sp³-hybridized carbons (Fsp3) is 0.519. The number of nitrogens with zero attached hydrogens (tertiary/aromatic N) is 1. The molecule has 32 heavy (non-hydrogen) atoms. The van der Waals surface area contributed by atoms with E-state index in [1.165, 1.54) is 11.1 Å². The van der Waals surface area contributed by atoms with E-state index < -0.39 is 0 Å². The number of nitrogens with one attached hydrogen (secondary N) is 1. The zero-order valence-corrected chi connectivity index (χ0v) is 20.2. The highest BCUT2D eigenvalue weighted by atomic mass is 16.5. The molecule has 2 aromatic carbocycles. The minimum atomic E-state index is -0.270. The van der Waals surface area contributed by atoms with Crippen LogP contribution < -0.4 is 15.0 Å². The summed E-state index contributed by atoms with van der Waals surface area (Å²) >= 11 is 0. The Morgan fingerprint density at radius 1 is 1.12 bits per heavy atom. The van der Waals surface area contributed by atoms with Crippen molar-refractivity contribution in [2.75, 3.05) is 31.4 Å². The standard InChI is InChI=1S/C27H36N2O3/c1-26(2)23-12-7-17-15-20(25(31)28-18-8-10-19(11-9-18)29(4)5)22(32-6)16-21(17)27(23,3)14-13-24(26)30/h8-11,15-16,23-24,30H,7,12-14H2,1-6H3,(H,28,31)/t23-,24-,27+/m0/s1. The van der Waals surface area contributed by atoms with Gasteiger partial charge < -0.3 is 20.1 Å². The van der Waals surface area contributed by atoms with Gasteiger partial charge in [0.05, 0.1) is 18.8 Å². The lowest BCUT2D eigenvalue weighted by molar-refractivity contribution is -0.0731. The molecule has 0 saturated heterocycles. The van der Waals surface area contributed by atoms with Gasteiger partial charge in [-0.25, -0.2) is 0 Å².